The molecule has 0 unspecified atom stereocenters. The van der Waals surface area contributed by atoms with Crippen LogP contribution < -0.4 is 0 Å². The number of rotatable bonds is 6. The van der Waals surface area contributed by atoms with Gasteiger partial charge in [0.05, 0.1) is 21.2 Å². The van der Waals surface area contributed by atoms with E-state index in [1.54, 1.807) is 48.3 Å². The SMILES string of the molecule is CN(Cc1cccc(Cl)c1Cl)C(=O)CCCN1C(=O)c2ccccc2C1=O. The van der Waals surface area contributed by atoms with Gasteiger partial charge in [0, 0.05) is 26.6 Å². The number of hydrogen-bond donors (Lipinski definition) is 0. The molecule has 1 aliphatic rings. The molecule has 0 saturated heterocycles. The Labute approximate surface area is 167 Å². The molecule has 1 heterocycles. The lowest BCUT2D eigenvalue weighted by molar-refractivity contribution is -0.130. The van der Waals surface area contributed by atoms with E-state index in [0.29, 0.717) is 34.1 Å². The minimum absolute atomic E-state index is 0.0948. The van der Waals surface area contributed by atoms with Gasteiger partial charge < -0.3 is 4.90 Å². The van der Waals surface area contributed by atoms with Crippen LogP contribution in [0.25, 0.3) is 0 Å². The van der Waals surface area contributed by atoms with Gasteiger partial charge in [-0.15, -0.1) is 0 Å². The number of halogens is 2. The highest BCUT2D eigenvalue weighted by Gasteiger charge is 2.34. The van der Waals surface area contributed by atoms with Crippen molar-refractivity contribution in [1.29, 1.82) is 0 Å². The molecule has 0 bridgehead atoms. The summed E-state index contributed by atoms with van der Waals surface area (Å²) in [4.78, 5) is 39.7. The second-order valence-corrected chi connectivity index (χ2v) is 7.16. The average Bonchev–Trinajstić information content (AvgIpc) is 2.90. The molecule has 7 heteroatoms. The highest BCUT2D eigenvalue weighted by molar-refractivity contribution is 6.42. The molecule has 0 spiro atoms. The standard InChI is InChI=1S/C20H18Cl2N2O3/c1-23(12-13-6-4-9-16(21)18(13)22)17(25)10-5-11-24-19(26)14-7-2-3-8-15(14)20(24)27/h2-4,6-9H,5,10-12H2,1H3. The van der Waals surface area contributed by atoms with Crippen molar-refractivity contribution in [3.8, 4) is 0 Å². The third kappa shape index (κ3) is 3.99. The van der Waals surface area contributed by atoms with Gasteiger partial charge in [-0.2, -0.15) is 0 Å². The summed E-state index contributed by atoms with van der Waals surface area (Å²) >= 11 is 12.2. The monoisotopic (exact) mass is 404 g/mol. The molecule has 0 aliphatic carbocycles. The quantitative estimate of drug-likeness (QED) is 0.682. The van der Waals surface area contributed by atoms with Gasteiger partial charge in [0.15, 0.2) is 0 Å². The van der Waals surface area contributed by atoms with E-state index in [2.05, 4.69) is 0 Å². The first-order chi connectivity index (χ1) is 12.9. The van der Waals surface area contributed by atoms with Crippen molar-refractivity contribution in [1.82, 2.24) is 9.80 Å². The van der Waals surface area contributed by atoms with Gasteiger partial charge in [0.25, 0.3) is 11.8 Å². The number of amides is 3. The fourth-order valence-electron chi connectivity index (χ4n) is 3.04. The smallest absolute Gasteiger partial charge is 0.261 e. The molecule has 3 amide bonds. The maximum Gasteiger partial charge on any atom is 0.261 e. The van der Waals surface area contributed by atoms with Crippen molar-refractivity contribution in [3.63, 3.8) is 0 Å². The fraction of sp³-hybridized carbons (Fsp3) is 0.250. The lowest BCUT2D eigenvalue weighted by atomic mass is 10.1. The first-order valence-corrected chi connectivity index (χ1v) is 9.28. The van der Waals surface area contributed by atoms with Crippen molar-refractivity contribution < 1.29 is 14.4 Å². The molecule has 1 aliphatic heterocycles. The van der Waals surface area contributed by atoms with E-state index in [4.69, 9.17) is 23.2 Å². The molecule has 0 fully saturated rings. The van der Waals surface area contributed by atoms with E-state index in [-0.39, 0.29) is 30.7 Å². The van der Waals surface area contributed by atoms with Gasteiger partial charge in [0.1, 0.15) is 0 Å². The van der Waals surface area contributed by atoms with Crippen LogP contribution in [0.1, 0.15) is 39.1 Å². The highest BCUT2D eigenvalue weighted by atomic mass is 35.5. The summed E-state index contributed by atoms with van der Waals surface area (Å²) in [6.45, 7) is 0.551. The summed E-state index contributed by atoms with van der Waals surface area (Å²) in [7, 11) is 1.68. The second-order valence-electron chi connectivity index (χ2n) is 6.37. The average molecular weight is 405 g/mol. The molecule has 3 rings (SSSR count). The van der Waals surface area contributed by atoms with Gasteiger partial charge in [-0.05, 0) is 30.2 Å². The summed E-state index contributed by atoms with van der Waals surface area (Å²) in [5.41, 5.74) is 1.60. The summed E-state index contributed by atoms with van der Waals surface area (Å²) in [5.74, 6) is -0.702. The number of imide groups is 1. The van der Waals surface area contributed by atoms with Crippen LogP contribution in [-0.4, -0.2) is 41.1 Å². The van der Waals surface area contributed by atoms with Crippen LogP contribution in [-0.2, 0) is 11.3 Å². The Kier molecular flexibility index (Phi) is 5.82. The minimum Gasteiger partial charge on any atom is -0.341 e. The molecule has 0 aromatic heterocycles. The fourth-order valence-corrected chi connectivity index (χ4v) is 3.42. The van der Waals surface area contributed by atoms with Crippen LogP contribution in [0.3, 0.4) is 0 Å². The van der Waals surface area contributed by atoms with Crippen LogP contribution in [0.5, 0.6) is 0 Å². The van der Waals surface area contributed by atoms with Crippen molar-refractivity contribution in [2.45, 2.75) is 19.4 Å². The van der Waals surface area contributed by atoms with E-state index in [0.717, 1.165) is 5.56 Å². The molecule has 5 nitrogen and oxygen atoms in total. The first-order valence-electron chi connectivity index (χ1n) is 8.52. The zero-order valence-corrected chi connectivity index (χ0v) is 16.3. The number of carbonyl (C=O) groups excluding carboxylic acids is 3. The Morgan fingerprint density at radius 3 is 2.26 bits per heavy atom. The Hall–Kier alpha value is -2.37. The second kappa shape index (κ2) is 8.11. The van der Waals surface area contributed by atoms with Crippen molar-refractivity contribution in [2.24, 2.45) is 0 Å². The Bertz CT molecular complexity index is 879. The maximum absolute atomic E-state index is 12.4. The minimum atomic E-state index is -0.304. The maximum atomic E-state index is 12.4. The number of benzene rings is 2. The zero-order chi connectivity index (χ0) is 19.6. The van der Waals surface area contributed by atoms with Gasteiger partial charge in [-0.1, -0.05) is 47.5 Å². The molecule has 2 aromatic rings. The Morgan fingerprint density at radius 2 is 1.63 bits per heavy atom. The summed E-state index contributed by atoms with van der Waals surface area (Å²) in [6, 6.07) is 12.0. The van der Waals surface area contributed by atoms with Crippen LogP contribution in [0.4, 0.5) is 0 Å². The first kappa shape index (κ1) is 19.4. The molecule has 27 heavy (non-hydrogen) atoms. The van der Waals surface area contributed by atoms with Crippen molar-refractivity contribution in [2.75, 3.05) is 13.6 Å². The lowest BCUT2D eigenvalue weighted by Crippen LogP contribution is -2.32. The van der Waals surface area contributed by atoms with E-state index in [1.807, 2.05) is 6.07 Å². The number of hydrogen-bond acceptors (Lipinski definition) is 3. The topological polar surface area (TPSA) is 57.7 Å². The summed E-state index contributed by atoms with van der Waals surface area (Å²) in [5, 5.41) is 0.880. The number of fused-ring (bicyclic) bond motifs is 1. The van der Waals surface area contributed by atoms with Crippen molar-refractivity contribution in [3.05, 3.63) is 69.2 Å². The van der Waals surface area contributed by atoms with E-state index < -0.39 is 0 Å². The van der Waals surface area contributed by atoms with E-state index in [1.165, 1.54) is 4.90 Å². The van der Waals surface area contributed by atoms with Gasteiger partial charge >= 0.3 is 0 Å². The molecule has 0 radical (unpaired) electrons. The van der Waals surface area contributed by atoms with Gasteiger partial charge in [-0.25, -0.2) is 0 Å². The molecule has 0 saturated carbocycles. The van der Waals surface area contributed by atoms with Gasteiger partial charge in [-0.3, -0.25) is 19.3 Å². The molecule has 0 N–H and O–H groups in total. The summed E-state index contributed by atoms with van der Waals surface area (Å²) in [6.07, 6.45) is 0.625. The zero-order valence-electron chi connectivity index (χ0n) is 14.7. The van der Waals surface area contributed by atoms with Crippen LogP contribution >= 0.6 is 23.2 Å². The number of carbonyl (C=O) groups is 3. The molecular weight excluding hydrogens is 387 g/mol. The normalized spacial score (nSPS) is 13.1. The Morgan fingerprint density at radius 1 is 1.00 bits per heavy atom. The Balaban J connectivity index is 1.53. The molecule has 0 atom stereocenters. The van der Waals surface area contributed by atoms with E-state index >= 15 is 0 Å². The van der Waals surface area contributed by atoms with Crippen LogP contribution in [0.2, 0.25) is 10.0 Å². The largest absolute Gasteiger partial charge is 0.341 e. The van der Waals surface area contributed by atoms with E-state index in [9.17, 15) is 14.4 Å². The van der Waals surface area contributed by atoms with Crippen LogP contribution in [0.15, 0.2) is 42.5 Å². The lowest BCUT2D eigenvalue weighted by Gasteiger charge is -2.19. The third-order valence-corrected chi connectivity index (χ3v) is 5.37. The molecule has 2 aromatic carbocycles. The van der Waals surface area contributed by atoms with Gasteiger partial charge in [0.2, 0.25) is 5.91 Å². The summed E-state index contributed by atoms with van der Waals surface area (Å²) < 4.78 is 0. The predicted octanol–water partition coefficient (Wildman–Crippen LogP) is 4.03. The predicted molar refractivity (Wildman–Crippen MR) is 104 cm³/mol. The third-order valence-electron chi connectivity index (χ3n) is 4.52. The van der Waals surface area contributed by atoms with Crippen molar-refractivity contribution >= 4 is 40.9 Å². The molecular formula is C20H18Cl2N2O3. The number of nitrogens with zero attached hydrogens (tertiary/aromatic N) is 2. The molecule has 140 valence electrons. The highest BCUT2D eigenvalue weighted by Crippen LogP contribution is 2.26. The van der Waals surface area contributed by atoms with Crippen LogP contribution in [0, 0.1) is 0 Å².